The van der Waals surface area contributed by atoms with Gasteiger partial charge in [-0.3, -0.25) is 0 Å². The Bertz CT molecular complexity index is 524. The van der Waals surface area contributed by atoms with Crippen LogP contribution in [-0.4, -0.2) is 26.4 Å². The van der Waals surface area contributed by atoms with Crippen LogP contribution in [0.3, 0.4) is 0 Å². The quantitative estimate of drug-likeness (QED) is 0.875. The largest absolute Gasteiger partial charge is 0.505 e. The van der Waals surface area contributed by atoms with Gasteiger partial charge in [0, 0.05) is 6.20 Å². The number of alkyl halides is 3. The maximum absolute atomic E-state index is 12.0. The topological polar surface area (TPSA) is 72.0 Å². The van der Waals surface area contributed by atoms with E-state index in [0.717, 1.165) is 0 Å². The van der Waals surface area contributed by atoms with Gasteiger partial charge in [0.05, 0.1) is 0 Å². The molecule has 8 heteroatoms. The van der Waals surface area contributed by atoms with Crippen LogP contribution in [0.4, 0.5) is 13.2 Å². The third kappa shape index (κ3) is 2.71. The third-order valence-electron chi connectivity index (χ3n) is 1.82. The smallest absolute Gasteiger partial charge is 0.396 e. The summed E-state index contributed by atoms with van der Waals surface area (Å²) in [5.41, 5.74) is -0.0478. The molecule has 90 valence electrons. The molecule has 2 aromatic rings. The summed E-state index contributed by atoms with van der Waals surface area (Å²) in [4.78, 5) is 7.24. The maximum atomic E-state index is 12.0. The number of rotatable bonds is 2. The Hall–Kier alpha value is -2.12. The van der Waals surface area contributed by atoms with E-state index in [9.17, 15) is 18.3 Å². The summed E-state index contributed by atoms with van der Waals surface area (Å²) in [5, 5.41) is 12.6. The first-order valence-corrected chi connectivity index (χ1v) is 4.49. The molecule has 0 aliphatic rings. The van der Waals surface area contributed by atoms with E-state index in [1.165, 1.54) is 18.3 Å². The molecule has 0 aromatic carbocycles. The van der Waals surface area contributed by atoms with Crippen LogP contribution in [-0.2, 0) is 6.42 Å². The number of aromatic hydroxyl groups is 1. The molecular formula is C9H6F3N3O2. The summed E-state index contributed by atoms with van der Waals surface area (Å²) < 4.78 is 40.7. The van der Waals surface area contributed by atoms with E-state index in [-0.39, 0.29) is 17.3 Å². The number of aromatic nitrogens is 3. The van der Waals surface area contributed by atoms with Crippen LogP contribution in [0.2, 0.25) is 0 Å². The van der Waals surface area contributed by atoms with Crippen molar-refractivity contribution >= 4 is 0 Å². The number of pyridine rings is 1. The SMILES string of the molecule is Oc1cccnc1-c1nc(CC(F)(F)F)no1. The average molecular weight is 245 g/mol. The second kappa shape index (κ2) is 4.04. The molecule has 0 bridgehead atoms. The van der Waals surface area contributed by atoms with Gasteiger partial charge in [-0.2, -0.15) is 18.2 Å². The van der Waals surface area contributed by atoms with Crippen molar-refractivity contribution in [2.45, 2.75) is 12.6 Å². The zero-order valence-corrected chi connectivity index (χ0v) is 8.27. The molecule has 5 nitrogen and oxygen atoms in total. The van der Waals surface area contributed by atoms with E-state index in [4.69, 9.17) is 0 Å². The molecule has 17 heavy (non-hydrogen) atoms. The first-order valence-electron chi connectivity index (χ1n) is 4.49. The molecule has 0 aliphatic heterocycles. The monoisotopic (exact) mass is 245 g/mol. The van der Waals surface area contributed by atoms with Gasteiger partial charge in [0.25, 0.3) is 5.89 Å². The van der Waals surface area contributed by atoms with Gasteiger partial charge in [0.15, 0.2) is 11.5 Å². The molecule has 0 saturated carbocycles. The molecule has 0 aliphatic carbocycles. The van der Waals surface area contributed by atoms with Crippen molar-refractivity contribution in [3.8, 4) is 17.3 Å². The second-order valence-corrected chi connectivity index (χ2v) is 3.18. The fourth-order valence-corrected chi connectivity index (χ4v) is 1.16. The van der Waals surface area contributed by atoms with Crippen LogP contribution >= 0.6 is 0 Å². The van der Waals surface area contributed by atoms with Gasteiger partial charge in [-0.15, -0.1) is 0 Å². The van der Waals surface area contributed by atoms with Crippen LogP contribution in [0, 0.1) is 0 Å². The lowest BCUT2D eigenvalue weighted by Gasteiger charge is -1.99. The summed E-state index contributed by atoms with van der Waals surface area (Å²) in [5.74, 6) is -0.991. The first kappa shape index (κ1) is 11.4. The van der Waals surface area contributed by atoms with Crippen LogP contribution < -0.4 is 0 Å². The average Bonchev–Trinajstić information content (AvgIpc) is 2.64. The molecular weight excluding hydrogens is 239 g/mol. The Labute approximate surface area is 92.9 Å². The number of hydrogen-bond acceptors (Lipinski definition) is 5. The predicted octanol–water partition coefficient (Wildman–Crippen LogP) is 1.94. The molecule has 0 atom stereocenters. The molecule has 0 spiro atoms. The third-order valence-corrected chi connectivity index (χ3v) is 1.82. The minimum atomic E-state index is -4.41. The summed E-state index contributed by atoms with van der Waals surface area (Å²) in [6.07, 6.45) is -4.35. The van der Waals surface area contributed by atoms with E-state index >= 15 is 0 Å². The number of hydrogen-bond donors (Lipinski definition) is 1. The van der Waals surface area contributed by atoms with Crippen molar-refractivity contribution in [3.05, 3.63) is 24.2 Å². The van der Waals surface area contributed by atoms with Gasteiger partial charge in [-0.05, 0) is 12.1 Å². The Kier molecular flexibility index (Phi) is 2.70. The minimum absolute atomic E-state index is 0.0478. The summed E-state index contributed by atoms with van der Waals surface area (Å²) >= 11 is 0. The Morgan fingerprint density at radius 1 is 1.35 bits per heavy atom. The maximum Gasteiger partial charge on any atom is 0.396 e. The lowest BCUT2D eigenvalue weighted by molar-refractivity contribution is -0.128. The van der Waals surface area contributed by atoms with Crippen LogP contribution in [0.15, 0.2) is 22.9 Å². The minimum Gasteiger partial charge on any atom is -0.505 e. The Morgan fingerprint density at radius 2 is 2.12 bits per heavy atom. The summed E-state index contributed by atoms with van der Waals surface area (Å²) in [6.45, 7) is 0. The molecule has 2 aromatic heterocycles. The Balaban J connectivity index is 2.28. The molecule has 0 radical (unpaired) electrons. The van der Waals surface area contributed by atoms with E-state index in [0.29, 0.717) is 0 Å². The highest BCUT2D eigenvalue weighted by atomic mass is 19.4. The van der Waals surface area contributed by atoms with Gasteiger partial charge >= 0.3 is 6.18 Å². The number of nitrogens with zero attached hydrogens (tertiary/aromatic N) is 3. The molecule has 1 N–H and O–H groups in total. The molecule has 2 heterocycles. The molecule has 0 fully saturated rings. The van der Waals surface area contributed by atoms with Gasteiger partial charge in [-0.25, -0.2) is 4.98 Å². The van der Waals surface area contributed by atoms with Gasteiger partial charge in [0.1, 0.15) is 12.2 Å². The van der Waals surface area contributed by atoms with Gasteiger partial charge in [0.2, 0.25) is 0 Å². The van der Waals surface area contributed by atoms with E-state index in [2.05, 4.69) is 19.6 Å². The van der Waals surface area contributed by atoms with Crippen molar-refractivity contribution in [3.63, 3.8) is 0 Å². The van der Waals surface area contributed by atoms with Crippen molar-refractivity contribution in [1.29, 1.82) is 0 Å². The van der Waals surface area contributed by atoms with E-state index in [1.54, 1.807) is 0 Å². The fourth-order valence-electron chi connectivity index (χ4n) is 1.16. The van der Waals surface area contributed by atoms with Crippen molar-refractivity contribution in [1.82, 2.24) is 15.1 Å². The number of halogens is 3. The fraction of sp³-hybridized carbons (Fsp3) is 0.222. The Morgan fingerprint density at radius 3 is 2.76 bits per heavy atom. The highest BCUT2D eigenvalue weighted by Crippen LogP contribution is 2.26. The zero-order chi connectivity index (χ0) is 12.5. The molecule has 2 rings (SSSR count). The van der Waals surface area contributed by atoms with Crippen molar-refractivity contribution in [2.75, 3.05) is 0 Å². The highest BCUT2D eigenvalue weighted by Gasteiger charge is 2.31. The van der Waals surface area contributed by atoms with Gasteiger partial charge in [-0.1, -0.05) is 5.16 Å². The molecule has 0 saturated heterocycles. The summed E-state index contributed by atoms with van der Waals surface area (Å²) in [7, 11) is 0. The van der Waals surface area contributed by atoms with E-state index in [1.807, 2.05) is 0 Å². The zero-order valence-electron chi connectivity index (χ0n) is 8.27. The van der Waals surface area contributed by atoms with Crippen LogP contribution in [0.1, 0.15) is 5.82 Å². The standard InChI is InChI=1S/C9H6F3N3O2/c10-9(11,12)4-6-14-8(17-15-6)7-5(16)2-1-3-13-7/h1-3,16H,4H2. The first-order chi connectivity index (χ1) is 7.96. The lowest BCUT2D eigenvalue weighted by Crippen LogP contribution is -2.12. The highest BCUT2D eigenvalue weighted by molar-refractivity contribution is 5.55. The molecule has 0 unspecified atom stereocenters. The van der Waals surface area contributed by atoms with Crippen LogP contribution in [0.25, 0.3) is 11.6 Å². The normalized spacial score (nSPS) is 11.7. The second-order valence-electron chi connectivity index (χ2n) is 3.18. The van der Waals surface area contributed by atoms with Gasteiger partial charge < -0.3 is 9.63 Å². The molecule has 0 amide bonds. The van der Waals surface area contributed by atoms with Crippen molar-refractivity contribution < 1.29 is 22.8 Å². The van der Waals surface area contributed by atoms with Crippen molar-refractivity contribution in [2.24, 2.45) is 0 Å². The van der Waals surface area contributed by atoms with Crippen LogP contribution in [0.5, 0.6) is 5.75 Å². The van der Waals surface area contributed by atoms with E-state index < -0.39 is 18.4 Å². The lowest BCUT2D eigenvalue weighted by atomic mass is 10.3. The predicted molar refractivity (Wildman–Crippen MR) is 49.0 cm³/mol. The summed E-state index contributed by atoms with van der Waals surface area (Å²) in [6, 6.07) is 2.78.